The summed E-state index contributed by atoms with van der Waals surface area (Å²) >= 11 is 0. The molecule has 0 unspecified atom stereocenters. The number of ketones is 1. The summed E-state index contributed by atoms with van der Waals surface area (Å²) in [6, 6.07) is 14.2. The zero-order valence-electron chi connectivity index (χ0n) is 10.7. The van der Waals surface area contributed by atoms with Crippen LogP contribution >= 0.6 is 0 Å². The molecule has 0 aromatic heterocycles. The summed E-state index contributed by atoms with van der Waals surface area (Å²) in [6.07, 6.45) is 0.873. The maximum absolute atomic E-state index is 12.4. The van der Waals surface area contributed by atoms with E-state index in [1.165, 1.54) is 11.1 Å². The van der Waals surface area contributed by atoms with Gasteiger partial charge in [0, 0.05) is 11.1 Å². The van der Waals surface area contributed by atoms with Crippen LogP contribution in [-0.4, -0.2) is 5.78 Å². The van der Waals surface area contributed by atoms with Crippen molar-refractivity contribution in [1.29, 1.82) is 0 Å². The SMILES string of the molecule is CC(C)c1ccc2c(c1)Cc1ccccc1C2=O. The van der Waals surface area contributed by atoms with Crippen LogP contribution in [0, 0.1) is 0 Å². The van der Waals surface area contributed by atoms with Crippen LogP contribution in [0.1, 0.15) is 52.4 Å². The predicted octanol–water partition coefficient (Wildman–Crippen LogP) is 3.95. The second-order valence-electron chi connectivity index (χ2n) is 5.23. The molecule has 0 saturated heterocycles. The van der Waals surface area contributed by atoms with Crippen molar-refractivity contribution in [1.82, 2.24) is 0 Å². The first-order chi connectivity index (χ1) is 8.66. The van der Waals surface area contributed by atoms with E-state index in [0.717, 1.165) is 23.1 Å². The molecular formula is C17H16O. The molecule has 0 bridgehead atoms. The molecule has 0 atom stereocenters. The molecule has 3 rings (SSSR count). The van der Waals surface area contributed by atoms with Crippen molar-refractivity contribution in [3.05, 3.63) is 70.3 Å². The van der Waals surface area contributed by atoms with Crippen LogP contribution < -0.4 is 0 Å². The van der Waals surface area contributed by atoms with E-state index in [4.69, 9.17) is 0 Å². The first kappa shape index (κ1) is 11.2. The van der Waals surface area contributed by atoms with Gasteiger partial charge in [-0.05, 0) is 29.0 Å². The summed E-state index contributed by atoms with van der Waals surface area (Å²) < 4.78 is 0. The Morgan fingerprint density at radius 3 is 2.44 bits per heavy atom. The first-order valence-corrected chi connectivity index (χ1v) is 6.42. The molecule has 0 aliphatic heterocycles. The van der Waals surface area contributed by atoms with Gasteiger partial charge < -0.3 is 0 Å². The molecule has 0 spiro atoms. The zero-order valence-corrected chi connectivity index (χ0v) is 10.7. The van der Waals surface area contributed by atoms with Crippen molar-refractivity contribution in [2.75, 3.05) is 0 Å². The molecule has 0 heterocycles. The van der Waals surface area contributed by atoms with Gasteiger partial charge in [0.05, 0.1) is 0 Å². The van der Waals surface area contributed by atoms with Crippen molar-refractivity contribution in [3.63, 3.8) is 0 Å². The molecule has 0 N–H and O–H groups in total. The molecule has 0 amide bonds. The Morgan fingerprint density at radius 2 is 1.67 bits per heavy atom. The molecule has 1 heteroatoms. The molecule has 0 saturated carbocycles. The van der Waals surface area contributed by atoms with Crippen molar-refractivity contribution >= 4 is 5.78 Å². The van der Waals surface area contributed by atoms with Crippen LogP contribution in [0.3, 0.4) is 0 Å². The van der Waals surface area contributed by atoms with Crippen LogP contribution in [-0.2, 0) is 6.42 Å². The Hall–Kier alpha value is -1.89. The van der Waals surface area contributed by atoms with E-state index in [-0.39, 0.29) is 5.78 Å². The smallest absolute Gasteiger partial charge is 0.193 e. The zero-order chi connectivity index (χ0) is 12.7. The summed E-state index contributed by atoms with van der Waals surface area (Å²) in [4.78, 5) is 12.4. The highest BCUT2D eigenvalue weighted by molar-refractivity contribution is 6.12. The average Bonchev–Trinajstić information content (AvgIpc) is 2.38. The van der Waals surface area contributed by atoms with E-state index in [9.17, 15) is 4.79 Å². The molecule has 2 aromatic rings. The lowest BCUT2D eigenvalue weighted by Crippen LogP contribution is -2.15. The lowest BCUT2D eigenvalue weighted by molar-refractivity contribution is 0.103. The number of rotatable bonds is 1. The van der Waals surface area contributed by atoms with Gasteiger partial charge in [0.2, 0.25) is 0 Å². The van der Waals surface area contributed by atoms with Crippen LogP contribution in [0.15, 0.2) is 42.5 Å². The third kappa shape index (κ3) is 1.67. The lowest BCUT2D eigenvalue weighted by atomic mass is 9.83. The fraction of sp³-hybridized carbons (Fsp3) is 0.235. The maximum Gasteiger partial charge on any atom is 0.193 e. The lowest BCUT2D eigenvalue weighted by Gasteiger charge is -2.19. The standard InChI is InChI=1S/C17H16O/c1-11(2)12-7-8-16-14(9-12)10-13-5-3-4-6-15(13)17(16)18/h3-9,11H,10H2,1-2H3. The molecule has 90 valence electrons. The van der Waals surface area contributed by atoms with Gasteiger partial charge in [-0.15, -0.1) is 0 Å². The fourth-order valence-electron chi connectivity index (χ4n) is 2.59. The number of hydrogen-bond donors (Lipinski definition) is 0. The minimum Gasteiger partial charge on any atom is -0.289 e. The number of hydrogen-bond acceptors (Lipinski definition) is 1. The third-order valence-electron chi connectivity index (χ3n) is 3.68. The maximum atomic E-state index is 12.4. The van der Waals surface area contributed by atoms with Crippen molar-refractivity contribution in [2.24, 2.45) is 0 Å². The van der Waals surface area contributed by atoms with E-state index >= 15 is 0 Å². The molecule has 0 fully saturated rings. The van der Waals surface area contributed by atoms with E-state index in [2.05, 4.69) is 32.0 Å². The molecule has 0 radical (unpaired) electrons. The van der Waals surface area contributed by atoms with Crippen LogP contribution in [0.25, 0.3) is 0 Å². The highest BCUT2D eigenvalue weighted by Crippen LogP contribution is 2.29. The Balaban J connectivity index is 2.13. The van der Waals surface area contributed by atoms with Crippen LogP contribution in [0.5, 0.6) is 0 Å². The molecule has 1 aliphatic rings. The van der Waals surface area contributed by atoms with Crippen molar-refractivity contribution in [3.8, 4) is 0 Å². The largest absolute Gasteiger partial charge is 0.289 e. The highest BCUT2D eigenvalue weighted by atomic mass is 16.1. The molecule has 2 aromatic carbocycles. The van der Waals surface area contributed by atoms with Gasteiger partial charge in [-0.3, -0.25) is 4.79 Å². The van der Waals surface area contributed by atoms with Gasteiger partial charge in [0.1, 0.15) is 0 Å². The third-order valence-corrected chi connectivity index (χ3v) is 3.68. The fourth-order valence-corrected chi connectivity index (χ4v) is 2.59. The van der Waals surface area contributed by atoms with Gasteiger partial charge in [-0.2, -0.15) is 0 Å². The van der Waals surface area contributed by atoms with E-state index < -0.39 is 0 Å². The number of fused-ring (bicyclic) bond motifs is 2. The number of benzene rings is 2. The van der Waals surface area contributed by atoms with Gasteiger partial charge in [0.15, 0.2) is 5.78 Å². The average molecular weight is 236 g/mol. The summed E-state index contributed by atoms with van der Waals surface area (Å²) in [7, 11) is 0. The highest BCUT2D eigenvalue weighted by Gasteiger charge is 2.22. The second kappa shape index (κ2) is 4.09. The van der Waals surface area contributed by atoms with E-state index in [0.29, 0.717) is 5.92 Å². The van der Waals surface area contributed by atoms with E-state index in [1.54, 1.807) is 0 Å². The molecule has 1 nitrogen and oxygen atoms in total. The summed E-state index contributed by atoms with van der Waals surface area (Å²) in [5, 5.41) is 0. The summed E-state index contributed by atoms with van der Waals surface area (Å²) in [5.41, 5.74) is 5.36. The second-order valence-corrected chi connectivity index (χ2v) is 5.23. The van der Waals surface area contributed by atoms with Gasteiger partial charge >= 0.3 is 0 Å². The Labute approximate surface area is 107 Å². The van der Waals surface area contributed by atoms with Crippen molar-refractivity contribution in [2.45, 2.75) is 26.2 Å². The Bertz CT molecular complexity index is 623. The van der Waals surface area contributed by atoms with Crippen LogP contribution in [0.2, 0.25) is 0 Å². The van der Waals surface area contributed by atoms with Gasteiger partial charge in [-0.25, -0.2) is 0 Å². The monoisotopic (exact) mass is 236 g/mol. The van der Waals surface area contributed by atoms with Gasteiger partial charge in [0.25, 0.3) is 0 Å². The number of carbonyl (C=O) groups is 1. The minimum atomic E-state index is 0.169. The van der Waals surface area contributed by atoms with Gasteiger partial charge in [-0.1, -0.05) is 56.3 Å². The Kier molecular flexibility index (Phi) is 2.55. The predicted molar refractivity (Wildman–Crippen MR) is 73.2 cm³/mol. The topological polar surface area (TPSA) is 17.1 Å². The molecule has 1 aliphatic carbocycles. The number of carbonyl (C=O) groups excluding carboxylic acids is 1. The first-order valence-electron chi connectivity index (χ1n) is 6.42. The molecule has 18 heavy (non-hydrogen) atoms. The summed E-state index contributed by atoms with van der Waals surface area (Å²) in [6.45, 7) is 4.36. The summed E-state index contributed by atoms with van der Waals surface area (Å²) in [5.74, 6) is 0.671. The van der Waals surface area contributed by atoms with E-state index in [1.807, 2.05) is 24.3 Å². The quantitative estimate of drug-likeness (QED) is 0.625. The normalized spacial score (nSPS) is 13.4. The van der Waals surface area contributed by atoms with Crippen LogP contribution in [0.4, 0.5) is 0 Å². The van der Waals surface area contributed by atoms with Crippen molar-refractivity contribution < 1.29 is 4.79 Å². The Morgan fingerprint density at radius 1 is 0.944 bits per heavy atom. The molecular weight excluding hydrogens is 220 g/mol. The minimum absolute atomic E-state index is 0.169.